The van der Waals surface area contributed by atoms with Crippen LogP contribution in [0.4, 0.5) is 5.69 Å². The van der Waals surface area contributed by atoms with E-state index in [0.29, 0.717) is 0 Å². The Morgan fingerprint density at radius 2 is 2.12 bits per heavy atom. The predicted molar refractivity (Wildman–Crippen MR) is 74.3 cm³/mol. The zero-order chi connectivity index (χ0) is 12.3. The van der Waals surface area contributed by atoms with Gasteiger partial charge in [-0.05, 0) is 37.6 Å². The molecule has 3 nitrogen and oxygen atoms in total. The second kappa shape index (κ2) is 5.36. The third kappa shape index (κ3) is 3.33. The minimum atomic E-state index is 0.896. The number of hydrogen-bond donors (Lipinski definition) is 1. The summed E-state index contributed by atoms with van der Waals surface area (Å²) in [5.74, 6) is 1.05. The molecule has 0 radical (unpaired) electrons. The summed E-state index contributed by atoms with van der Waals surface area (Å²) in [6.07, 6.45) is 3.84. The van der Waals surface area contributed by atoms with Gasteiger partial charge < -0.3 is 9.88 Å². The molecule has 2 aromatic rings. The lowest BCUT2D eigenvalue weighted by Gasteiger charge is -2.09. The van der Waals surface area contributed by atoms with E-state index < -0.39 is 0 Å². The van der Waals surface area contributed by atoms with Crippen molar-refractivity contribution in [2.24, 2.45) is 0 Å². The molecule has 0 aliphatic carbocycles. The Balaban J connectivity index is 1.92. The zero-order valence-corrected chi connectivity index (χ0v) is 11.7. The van der Waals surface area contributed by atoms with Gasteiger partial charge >= 0.3 is 0 Å². The van der Waals surface area contributed by atoms with Crippen molar-refractivity contribution in [1.29, 1.82) is 0 Å². The number of nitrogens with one attached hydrogen (secondary N) is 1. The van der Waals surface area contributed by atoms with Gasteiger partial charge in [0, 0.05) is 35.6 Å². The van der Waals surface area contributed by atoms with Crippen molar-refractivity contribution in [3.63, 3.8) is 0 Å². The highest BCUT2D eigenvalue weighted by molar-refractivity contribution is 9.10. The van der Waals surface area contributed by atoms with Crippen LogP contribution in [0.3, 0.4) is 0 Å². The molecule has 0 amide bonds. The van der Waals surface area contributed by atoms with E-state index in [-0.39, 0.29) is 0 Å². The third-order valence-electron chi connectivity index (χ3n) is 2.65. The summed E-state index contributed by atoms with van der Waals surface area (Å²) in [4.78, 5) is 4.20. The second-order valence-corrected chi connectivity index (χ2v) is 5.03. The molecule has 0 aliphatic heterocycles. The van der Waals surface area contributed by atoms with Crippen molar-refractivity contribution < 1.29 is 0 Å². The van der Waals surface area contributed by atoms with E-state index >= 15 is 0 Å². The maximum atomic E-state index is 4.20. The van der Waals surface area contributed by atoms with Gasteiger partial charge in [0.25, 0.3) is 0 Å². The van der Waals surface area contributed by atoms with Crippen LogP contribution in [-0.2, 0) is 6.54 Å². The van der Waals surface area contributed by atoms with Gasteiger partial charge in [-0.1, -0.05) is 15.9 Å². The van der Waals surface area contributed by atoms with E-state index in [9.17, 15) is 0 Å². The molecule has 0 unspecified atom stereocenters. The van der Waals surface area contributed by atoms with E-state index in [2.05, 4.69) is 55.9 Å². The number of halogens is 1. The van der Waals surface area contributed by atoms with E-state index in [1.165, 1.54) is 5.56 Å². The smallest absolute Gasteiger partial charge is 0.105 e. The topological polar surface area (TPSA) is 29.9 Å². The zero-order valence-electron chi connectivity index (χ0n) is 10.1. The van der Waals surface area contributed by atoms with Gasteiger partial charge in [-0.25, -0.2) is 4.98 Å². The van der Waals surface area contributed by atoms with Crippen molar-refractivity contribution in [3.8, 4) is 0 Å². The number of aryl methyl sites for hydroxylation is 2. The first-order chi connectivity index (χ1) is 8.15. The molecule has 0 fully saturated rings. The molecule has 2 rings (SSSR count). The molecule has 1 aromatic heterocycles. The molecule has 0 spiro atoms. The van der Waals surface area contributed by atoms with Crippen LogP contribution in [0, 0.1) is 13.8 Å². The van der Waals surface area contributed by atoms with Gasteiger partial charge in [-0.15, -0.1) is 0 Å². The van der Waals surface area contributed by atoms with Gasteiger partial charge in [0.15, 0.2) is 0 Å². The molecule has 1 heterocycles. The Morgan fingerprint density at radius 3 is 2.76 bits per heavy atom. The number of benzene rings is 1. The molecular weight excluding hydrogens is 278 g/mol. The van der Waals surface area contributed by atoms with Gasteiger partial charge in [-0.2, -0.15) is 0 Å². The number of imidazole rings is 1. The predicted octanol–water partition coefficient (Wildman–Crippen LogP) is 3.37. The summed E-state index contributed by atoms with van der Waals surface area (Å²) >= 11 is 3.50. The molecular formula is C13H16BrN3. The molecule has 0 atom stereocenters. The molecule has 0 saturated heterocycles. The Hall–Kier alpha value is -1.29. The van der Waals surface area contributed by atoms with Crippen LogP contribution >= 0.6 is 15.9 Å². The number of anilines is 1. The fourth-order valence-electron chi connectivity index (χ4n) is 1.80. The van der Waals surface area contributed by atoms with Crippen LogP contribution in [0.2, 0.25) is 0 Å². The van der Waals surface area contributed by atoms with Gasteiger partial charge in [0.05, 0.1) is 0 Å². The lowest BCUT2D eigenvalue weighted by Crippen LogP contribution is -2.11. The van der Waals surface area contributed by atoms with Crippen molar-refractivity contribution >= 4 is 21.6 Å². The Labute approximate surface area is 110 Å². The van der Waals surface area contributed by atoms with Crippen LogP contribution in [-0.4, -0.2) is 16.1 Å². The Bertz CT molecular complexity index is 485. The number of nitrogens with zero attached hydrogens (tertiary/aromatic N) is 2. The Morgan fingerprint density at radius 1 is 1.29 bits per heavy atom. The highest BCUT2D eigenvalue weighted by Gasteiger charge is 1.98. The maximum Gasteiger partial charge on any atom is 0.105 e. The fourth-order valence-corrected chi connectivity index (χ4v) is 2.41. The molecule has 0 aliphatic rings. The first-order valence-electron chi connectivity index (χ1n) is 5.64. The van der Waals surface area contributed by atoms with Crippen LogP contribution in [0.5, 0.6) is 0 Å². The maximum absolute atomic E-state index is 4.20. The summed E-state index contributed by atoms with van der Waals surface area (Å²) in [6.45, 7) is 5.93. The molecule has 90 valence electrons. The molecule has 1 aromatic carbocycles. The van der Waals surface area contributed by atoms with Crippen molar-refractivity contribution in [2.75, 3.05) is 11.9 Å². The lowest BCUT2D eigenvalue weighted by molar-refractivity contribution is 0.701. The summed E-state index contributed by atoms with van der Waals surface area (Å²) in [7, 11) is 0. The number of aromatic nitrogens is 2. The Kier molecular flexibility index (Phi) is 3.84. The first kappa shape index (κ1) is 12.2. The first-order valence-corrected chi connectivity index (χ1v) is 6.43. The van der Waals surface area contributed by atoms with Crippen molar-refractivity contribution in [1.82, 2.24) is 9.55 Å². The summed E-state index contributed by atoms with van der Waals surface area (Å²) in [6, 6.07) is 6.34. The number of rotatable bonds is 4. The largest absolute Gasteiger partial charge is 0.383 e. The average molecular weight is 294 g/mol. The SMILES string of the molecule is Cc1cc(Br)cc(NCCn2ccnc2C)c1. The molecule has 1 N–H and O–H groups in total. The highest BCUT2D eigenvalue weighted by Crippen LogP contribution is 2.18. The molecule has 0 bridgehead atoms. The van der Waals surface area contributed by atoms with Gasteiger partial charge in [-0.3, -0.25) is 0 Å². The number of hydrogen-bond acceptors (Lipinski definition) is 2. The van der Waals surface area contributed by atoms with Gasteiger partial charge in [0.1, 0.15) is 5.82 Å². The van der Waals surface area contributed by atoms with Crippen molar-refractivity contribution in [2.45, 2.75) is 20.4 Å². The van der Waals surface area contributed by atoms with Crippen LogP contribution in [0.15, 0.2) is 35.1 Å². The van der Waals surface area contributed by atoms with Crippen LogP contribution in [0.25, 0.3) is 0 Å². The highest BCUT2D eigenvalue weighted by atomic mass is 79.9. The normalized spacial score (nSPS) is 10.5. The quantitative estimate of drug-likeness (QED) is 0.937. The summed E-state index contributed by atoms with van der Waals surface area (Å²) < 4.78 is 3.25. The van der Waals surface area contributed by atoms with E-state index in [1.807, 2.05) is 19.3 Å². The van der Waals surface area contributed by atoms with Crippen LogP contribution in [0.1, 0.15) is 11.4 Å². The molecule has 0 saturated carbocycles. The monoisotopic (exact) mass is 293 g/mol. The molecule has 4 heteroatoms. The second-order valence-electron chi connectivity index (χ2n) is 4.11. The van der Waals surface area contributed by atoms with E-state index in [0.717, 1.165) is 29.1 Å². The van der Waals surface area contributed by atoms with E-state index in [1.54, 1.807) is 0 Å². The fraction of sp³-hybridized carbons (Fsp3) is 0.308. The van der Waals surface area contributed by atoms with E-state index in [4.69, 9.17) is 0 Å². The van der Waals surface area contributed by atoms with Crippen molar-refractivity contribution in [3.05, 3.63) is 46.5 Å². The average Bonchev–Trinajstić information content (AvgIpc) is 2.63. The molecule has 17 heavy (non-hydrogen) atoms. The standard InChI is InChI=1S/C13H16BrN3/c1-10-7-12(14)9-13(8-10)16-4-6-17-5-3-15-11(17)2/h3,5,7-9,16H,4,6H2,1-2H3. The minimum Gasteiger partial charge on any atom is -0.383 e. The van der Waals surface area contributed by atoms with Gasteiger partial charge in [0.2, 0.25) is 0 Å². The summed E-state index contributed by atoms with van der Waals surface area (Å²) in [5, 5.41) is 3.41. The summed E-state index contributed by atoms with van der Waals surface area (Å²) in [5.41, 5.74) is 2.40. The third-order valence-corrected chi connectivity index (χ3v) is 3.11. The lowest BCUT2D eigenvalue weighted by atomic mass is 10.2. The van der Waals surface area contributed by atoms with Crippen LogP contribution < -0.4 is 5.32 Å². The minimum absolute atomic E-state index is 0.896.